The van der Waals surface area contributed by atoms with Crippen molar-refractivity contribution in [2.24, 2.45) is 17.8 Å². The van der Waals surface area contributed by atoms with Gasteiger partial charge in [0.05, 0.1) is 5.92 Å². The molecule has 2 N–H and O–H groups in total. The van der Waals surface area contributed by atoms with E-state index in [9.17, 15) is 4.79 Å². The molecule has 2 aliphatic rings. The maximum atomic E-state index is 10.6. The molecule has 3 heteroatoms. The lowest BCUT2D eigenvalue weighted by molar-refractivity contribution is -0.138. The number of carboxylic acid groups (broad SMARTS) is 1. The molecule has 86 valence electrons. The topological polar surface area (TPSA) is 49.3 Å². The third kappa shape index (κ3) is 3.20. The average Bonchev–Trinajstić information content (AvgIpc) is 2.99. The van der Waals surface area contributed by atoms with Gasteiger partial charge in [0, 0.05) is 0 Å². The van der Waals surface area contributed by atoms with Gasteiger partial charge in [-0.15, -0.1) is 0 Å². The smallest absolute Gasteiger partial charge is 0.306 e. The van der Waals surface area contributed by atoms with Gasteiger partial charge in [0.1, 0.15) is 0 Å². The maximum Gasteiger partial charge on any atom is 0.306 e. The Hall–Kier alpha value is -0.570. The van der Waals surface area contributed by atoms with Gasteiger partial charge in [-0.3, -0.25) is 4.79 Å². The van der Waals surface area contributed by atoms with Gasteiger partial charge in [0.15, 0.2) is 0 Å². The largest absolute Gasteiger partial charge is 0.481 e. The van der Waals surface area contributed by atoms with Crippen molar-refractivity contribution in [1.82, 2.24) is 5.32 Å². The van der Waals surface area contributed by atoms with Crippen LogP contribution in [0.1, 0.15) is 38.5 Å². The molecule has 0 aliphatic heterocycles. The van der Waals surface area contributed by atoms with Crippen LogP contribution in [0.4, 0.5) is 0 Å². The quantitative estimate of drug-likeness (QED) is 0.730. The van der Waals surface area contributed by atoms with E-state index in [2.05, 4.69) is 5.32 Å². The van der Waals surface area contributed by atoms with E-state index in [1.165, 1.54) is 32.1 Å². The van der Waals surface area contributed by atoms with Crippen molar-refractivity contribution in [3.63, 3.8) is 0 Å². The lowest BCUT2D eigenvalue weighted by Gasteiger charge is -2.21. The summed E-state index contributed by atoms with van der Waals surface area (Å²) >= 11 is 0. The van der Waals surface area contributed by atoms with Gasteiger partial charge < -0.3 is 10.4 Å². The molecular formula is C12H21NO2. The highest BCUT2D eigenvalue weighted by Crippen LogP contribution is 2.37. The fraction of sp³-hybridized carbons (Fsp3) is 0.917. The van der Waals surface area contributed by atoms with Gasteiger partial charge in [-0.05, 0) is 44.2 Å². The Morgan fingerprint density at radius 1 is 1.20 bits per heavy atom. The standard InChI is InChI=1S/C12H21NO2/c14-12(15)11-6-10(11)8-13-7-9-4-2-1-3-5-9/h9-11,13H,1-8H2,(H,14,15). The zero-order chi connectivity index (χ0) is 10.7. The third-order valence-corrected chi connectivity index (χ3v) is 3.80. The molecule has 2 rings (SSSR count). The van der Waals surface area contributed by atoms with Crippen LogP contribution in [0.3, 0.4) is 0 Å². The van der Waals surface area contributed by atoms with Crippen LogP contribution in [0, 0.1) is 17.8 Å². The van der Waals surface area contributed by atoms with Gasteiger partial charge in [-0.25, -0.2) is 0 Å². The summed E-state index contributed by atoms with van der Waals surface area (Å²) in [6.45, 7) is 2.01. The Bertz CT molecular complexity index is 224. The second-order valence-corrected chi connectivity index (χ2v) is 5.10. The highest BCUT2D eigenvalue weighted by Gasteiger charge is 2.42. The number of hydrogen-bond acceptors (Lipinski definition) is 2. The van der Waals surface area contributed by atoms with Gasteiger partial charge >= 0.3 is 5.97 Å². The first kappa shape index (κ1) is 10.9. The van der Waals surface area contributed by atoms with Crippen LogP contribution in [0.5, 0.6) is 0 Å². The van der Waals surface area contributed by atoms with E-state index in [-0.39, 0.29) is 5.92 Å². The third-order valence-electron chi connectivity index (χ3n) is 3.80. The van der Waals surface area contributed by atoms with Crippen molar-refractivity contribution >= 4 is 5.97 Å². The van der Waals surface area contributed by atoms with Crippen LogP contribution in [-0.4, -0.2) is 24.2 Å². The molecule has 2 atom stereocenters. The summed E-state index contributed by atoms with van der Waals surface area (Å²) in [4.78, 5) is 10.6. The van der Waals surface area contributed by atoms with E-state index in [4.69, 9.17) is 5.11 Å². The molecule has 2 saturated carbocycles. The van der Waals surface area contributed by atoms with Crippen LogP contribution in [-0.2, 0) is 4.79 Å². The summed E-state index contributed by atoms with van der Waals surface area (Å²) in [6, 6.07) is 0. The molecule has 0 spiro atoms. The lowest BCUT2D eigenvalue weighted by Crippen LogP contribution is -2.26. The van der Waals surface area contributed by atoms with E-state index < -0.39 is 5.97 Å². The summed E-state index contributed by atoms with van der Waals surface area (Å²) in [5.41, 5.74) is 0. The first-order chi connectivity index (χ1) is 7.27. The molecule has 2 fully saturated rings. The summed E-state index contributed by atoms with van der Waals surface area (Å²) in [5, 5.41) is 12.2. The van der Waals surface area contributed by atoms with E-state index in [0.29, 0.717) is 5.92 Å². The summed E-state index contributed by atoms with van der Waals surface area (Å²) in [5.74, 6) is 0.593. The summed E-state index contributed by atoms with van der Waals surface area (Å²) < 4.78 is 0. The van der Waals surface area contributed by atoms with E-state index in [1.807, 2.05) is 0 Å². The summed E-state index contributed by atoms with van der Waals surface area (Å²) in [7, 11) is 0. The van der Waals surface area contributed by atoms with Crippen molar-refractivity contribution in [3.05, 3.63) is 0 Å². The van der Waals surface area contributed by atoms with Crippen LogP contribution in [0.25, 0.3) is 0 Å². The van der Waals surface area contributed by atoms with Crippen molar-refractivity contribution in [2.45, 2.75) is 38.5 Å². The molecule has 2 unspecified atom stereocenters. The lowest BCUT2D eigenvalue weighted by atomic mass is 9.89. The number of carbonyl (C=O) groups is 1. The predicted molar refractivity (Wildman–Crippen MR) is 58.7 cm³/mol. The molecule has 15 heavy (non-hydrogen) atoms. The number of hydrogen-bond donors (Lipinski definition) is 2. The molecule has 0 saturated heterocycles. The van der Waals surface area contributed by atoms with Crippen molar-refractivity contribution in [1.29, 1.82) is 0 Å². The number of nitrogens with one attached hydrogen (secondary N) is 1. The van der Waals surface area contributed by atoms with E-state index in [0.717, 1.165) is 25.4 Å². The summed E-state index contributed by atoms with van der Waals surface area (Å²) in [6.07, 6.45) is 7.77. The van der Waals surface area contributed by atoms with Crippen LogP contribution in [0.2, 0.25) is 0 Å². The Kier molecular flexibility index (Phi) is 3.62. The van der Waals surface area contributed by atoms with Crippen LogP contribution >= 0.6 is 0 Å². The Balaban J connectivity index is 1.54. The van der Waals surface area contributed by atoms with Gasteiger partial charge in [0.2, 0.25) is 0 Å². The Labute approximate surface area is 91.2 Å². The molecular weight excluding hydrogens is 190 g/mol. The monoisotopic (exact) mass is 211 g/mol. The molecule has 0 aromatic rings. The van der Waals surface area contributed by atoms with Crippen molar-refractivity contribution in [3.8, 4) is 0 Å². The molecule has 0 heterocycles. The van der Waals surface area contributed by atoms with Crippen molar-refractivity contribution in [2.75, 3.05) is 13.1 Å². The second kappa shape index (κ2) is 4.97. The number of rotatable bonds is 5. The highest BCUT2D eigenvalue weighted by atomic mass is 16.4. The average molecular weight is 211 g/mol. The van der Waals surface area contributed by atoms with Crippen molar-refractivity contribution < 1.29 is 9.90 Å². The SMILES string of the molecule is O=C(O)C1CC1CNCC1CCCCC1. The molecule has 0 aromatic carbocycles. The second-order valence-electron chi connectivity index (χ2n) is 5.10. The number of aliphatic carboxylic acids is 1. The zero-order valence-corrected chi connectivity index (χ0v) is 9.24. The maximum absolute atomic E-state index is 10.6. The van der Waals surface area contributed by atoms with Crippen LogP contribution in [0.15, 0.2) is 0 Å². The van der Waals surface area contributed by atoms with Gasteiger partial charge in [0.25, 0.3) is 0 Å². The van der Waals surface area contributed by atoms with E-state index >= 15 is 0 Å². The molecule has 0 amide bonds. The minimum Gasteiger partial charge on any atom is -0.481 e. The molecule has 3 nitrogen and oxygen atoms in total. The van der Waals surface area contributed by atoms with Crippen LogP contribution < -0.4 is 5.32 Å². The molecule has 2 aliphatic carbocycles. The Morgan fingerprint density at radius 3 is 2.53 bits per heavy atom. The van der Waals surface area contributed by atoms with E-state index in [1.54, 1.807) is 0 Å². The minimum atomic E-state index is -0.612. The minimum absolute atomic E-state index is 0.0520. The predicted octanol–water partition coefficient (Wildman–Crippen LogP) is 1.88. The first-order valence-corrected chi connectivity index (χ1v) is 6.21. The normalized spacial score (nSPS) is 31.5. The molecule has 0 bridgehead atoms. The Morgan fingerprint density at radius 2 is 1.93 bits per heavy atom. The highest BCUT2D eigenvalue weighted by molar-refractivity contribution is 5.73. The first-order valence-electron chi connectivity index (χ1n) is 6.21. The fourth-order valence-electron chi connectivity index (χ4n) is 2.64. The van der Waals surface area contributed by atoms with Gasteiger partial charge in [-0.2, -0.15) is 0 Å². The van der Waals surface area contributed by atoms with Gasteiger partial charge in [-0.1, -0.05) is 19.3 Å². The fourth-order valence-corrected chi connectivity index (χ4v) is 2.64. The zero-order valence-electron chi connectivity index (χ0n) is 9.24. The molecule has 0 radical (unpaired) electrons. The molecule has 0 aromatic heterocycles. The number of carboxylic acids is 1.